The van der Waals surface area contributed by atoms with Crippen LogP contribution in [0.5, 0.6) is 0 Å². The summed E-state index contributed by atoms with van der Waals surface area (Å²) < 4.78 is 5.02. The van der Waals surface area contributed by atoms with Crippen LogP contribution < -0.4 is 0 Å². The molecule has 2 aromatic heterocycles. The number of hydrogen-bond donors (Lipinski definition) is 0. The van der Waals surface area contributed by atoms with Crippen molar-refractivity contribution in [3.8, 4) is 0 Å². The largest absolute Gasteiger partial charge is 0.472 e. The molecule has 4 nitrogen and oxygen atoms in total. The molecule has 0 radical (unpaired) electrons. The molecule has 0 N–H and O–H groups in total. The Labute approximate surface area is 127 Å². The molecule has 0 unspecified atom stereocenters. The molecule has 0 saturated carbocycles. The number of rotatable bonds is 3. The van der Waals surface area contributed by atoms with Crippen molar-refractivity contribution in [1.29, 1.82) is 0 Å². The fourth-order valence-electron chi connectivity index (χ4n) is 2.25. The minimum atomic E-state index is -0.100. The van der Waals surface area contributed by atoms with Crippen molar-refractivity contribution in [1.82, 2.24) is 9.88 Å². The lowest BCUT2D eigenvalue weighted by atomic mass is 10.1. The minimum Gasteiger partial charge on any atom is -0.472 e. The van der Waals surface area contributed by atoms with Gasteiger partial charge >= 0.3 is 0 Å². The first-order valence-electron chi connectivity index (χ1n) is 6.47. The summed E-state index contributed by atoms with van der Waals surface area (Å²) in [6.07, 6.45) is 3.22. The molecule has 1 amide bonds. The van der Waals surface area contributed by atoms with Crippen molar-refractivity contribution in [2.45, 2.75) is 6.54 Å². The van der Waals surface area contributed by atoms with E-state index in [0.717, 1.165) is 10.9 Å². The lowest BCUT2D eigenvalue weighted by Crippen LogP contribution is -2.26. The maximum atomic E-state index is 12.6. The van der Waals surface area contributed by atoms with E-state index in [0.29, 0.717) is 22.8 Å². The van der Waals surface area contributed by atoms with Gasteiger partial charge in [-0.2, -0.15) is 0 Å². The van der Waals surface area contributed by atoms with Crippen LogP contribution in [0.1, 0.15) is 15.9 Å². The maximum Gasteiger partial charge on any atom is 0.254 e. The number of halogens is 1. The Hall–Kier alpha value is -2.33. The third-order valence-electron chi connectivity index (χ3n) is 3.26. The summed E-state index contributed by atoms with van der Waals surface area (Å²) in [5.41, 5.74) is 2.21. The van der Waals surface area contributed by atoms with Crippen molar-refractivity contribution < 1.29 is 9.21 Å². The van der Waals surface area contributed by atoms with Crippen LogP contribution in [-0.4, -0.2) is 22.8 Å². The van der Waals surface area contributed by atoms with Crippen molar-refractivity contribution >= 4 is 28.4 Å². The molecule has 0 spiro atoms. The monoisotopic (exact) mass is 300 g/mol. The molecule has 5 heteroatoms. The Morgan fingerprint density at radius 2 is 2.14 bits per heavy atom. The van der Waals surface area contributed by atoms with Crippen LogP contribution in [-0.2, 0) is 6.54 Å². The number of amides is 1. The molecule has 0 bridgehead atoms. The Bertz CT molecular complexity index is 784. The van der Waals surface area contributed by atoms with Crippen LogP contribution in [0.25, 0.3) is 10.9 Å². The van der Waals surface area contributed by atoms with Gasteiger partial charge in [-0.15, -0.1) is 0 Å². The molecule has 21 heavy (non-hydrogen) atoms. The highest BCUT2D eigenvalue weighted by Gasteiger charge is 2.17. The van der Waals surface area contributed by atoms with Crippen LogP contribution in [0.2, 0.25) is 5.15 Å². The first-order valence-corrected chi connectivity index (χ1v) is 6.85. The quantitative estimate of drug-likeness (QED) is 0.692. The van der Waals surface area contributed by atoms with Gasteiger partial charge in [-0.05, 0) is 18.2 Å². The van der Waals surface area contributed by atoms with E-state index in [4.69, 9.17) is 16.0 Å². The molecular formula is C16H13ClN2O2. The van der Waals surface area contributed by atoms with Crippen LogP contribution in [0.4, 0.5) is 0 Å². The van der Waals surface area contributed by atoms with Gasteiger partial charge in [0.2, 0.25) is 0 Å². The van der Waals surface area contributed by atoms with E-state index in [9.17, 15) is 4.79 Å². The van der Waals surface area contributed by atoms with Gasteiger partial charge in [0.15, 0.2) is 0 Å². The maximum absolute atomic E-state index is 12.6. The number of pyridine rings is 1. The van der Waals surface area contributed by atoms with E-state index in [-0.39, 0.29) is 5.91 Å². The van der Waals surface area contributed by atoms with Gasteiger partial charge in [-0.25, -0.2) is 4.98 Å². The van der Waals surface area contributed by atoms with Gasteiger partial charge < -0.3 is 9.32 Å². The SMILES string of the molecule is CN(Cc1ccoc1)C(=O)c1cc(Cl)nc2ccccc12. The van der Waals surface area contributed by atoms with Crippen LogP contribution in [0.3, 0.4) is 0 Å². The fourth-order valence-corrected chi connectivity index (χ4v) is 2.45. The van der Waals surface area contributed by atoms with Crippen molar-refractivity contribution in [2.75, 3.05) is 7.05 Å². The molecule has 2 heterocycles. The summed E-state index contributed by atoms with van der Waals surface area (Å²) in [6.45, 7) is 0.476. The molecular weight excluding hydrogens is 288 g/mol. The highest BCUT2D eigenvalue weighted by molar-refractivity contribution is 6.30. The normalized spacial score (nSPS) is 10.8. The van der Waals surface area contributed by atoms with Crippen LogP contribution in [0, 0.1) is 0 Å². The predicted molar refractivity (Wildman–Crippen MR) is 81.3 cm³/mol. The molecule has 0 fully saturated rings. The molecule has 0 aliphatic rings. The summed E-state index contributed by atoms with van der Waals surface area (Å²) in [6, 6.07) is 10.9. The Kier molecular flexibility index (Phi) is 3.62. The van der Waals surface area contributed by atoms with Gasteiger partial charge in [-0.1, -0.05) is 29.8 Å². The lowest BCUT2D eigenvalue weighted by Gasteiger charge is -2.17. The smallest absolute Gasteiger partial charge is 0.254 e. The topological polar surface area (TPSA) is 46.3 Å². The van der Waals surface area contributed by atoms with Crippen LogP contribution in [0.15, 0.2) is 53.3 Å². The summed E-state index contributed by atoms with van der Waals surface area (Å²) in [7, 11) is 1.75. The third kappa shape index (κ3) is 2.76. The molecule has 0 aliphatic heterocycles. The average Bonchev–Trinajstić information content (AvgIpc) is 2.98. The number of aromatic nitrogens is 1. The van der Waals surface area contributed by atoms with E-state index >= 15 is 0 Å². The number of furan rings is 1. The Morgan fingerprint density at radius 1 is 1.33 bits per heavy atom. The number of nitrogens with zero attached hydrogens (tertiary/aromatic N) is 2. The lowest BCUT2D eigenvalue weighted by molar-refractivity contribution is 0.0787. The number of carbonyl (C=O) groups is 1. The van der Waals surface area contributed by atoms with E-state index in [1.165, 1.54) is 0 Å². The molecule has 0 aliphatic carbocycles. The fraction of sp³-hybridized carbons (Fsp3) is 0.125. The zero-order chi connectivity index (χ0) is 14.8. The highest BCUT2D eigenvalue weighted by Crippen LogP contribution is 2.22. The van der Waals surface area contributed by atoms with Crippen molar-refractivity contribution in [2.24, 2.45) is 0 Å². The predicted octanol–water partition coefficient (Wildman–Crippen LogP) is 3.75. The number of fused-ring (bicyclic) bond motifs is 1. The zero-order valence-corrected chi connectivity index (χ0v) is 12.2. The zero-order valence-electron chi connectivity index (χ0n) is 11.4. The van der Waals surface area contributed by atoms with E-state index in [1.54, 1.807) is 30.5 Å². The van der Waals surface area contributed by atoms with Crippen molar-refractivity contribution in [3.63, 3.8) is 0 Å². The molecule has 106 valence electrons. The molecule has 0 saturated heterocycles. The molecule has 3 rings (SSSR count). The van der Waals surface area contributed by atoms with Gasteiger partial charge in [0.25, 0.3) is 5.91 Å². The summed E-state index contributed by atoms with van der Waals surface area (Å²) in [4.78, 5) is 18.5. The number of hydrogen-bond acceptors (Lipinski definition) is 3. The van der Waals surface area contributed by atoms with Gasteiger partial charge in [0.1, 0.15) is 5.15 Å². The first-order chi connectivity index (χ1) is 10.1. The van der Waals surface area contributed by atoms with E-state index in [1.807, 2.05) is 30.3 Å². The van der Waals surface area contributed by atoms with Gasteiger partial charge in [0, 0.05) is 24.5 Å². The Morgan fingerprint density at radius 3 is 2.90 bits per heavy atom. The summed E-state index contributed by atoms with van der Waals surface area (Å²) >= 11 is 6.02. The summed E-state index contributed by atoms with van der Waals surface area (Å²) in [5, 5.41) is 1.11. The van der Waals surface area contributed by atoms with Gasteiger partial charge in [0.05, 0.1) is 23.6 Å². The standard InChI is InChI=1S/C16H13ClN2O2/c1-19(9-11-6-7-21-10-11)16(20)13-8-15(17)18-14-5-3-2-4-12(13)14/h2-8,10H,9H2,1H3. The van der Waals surface area contributed by atoms with E-state index in [2.05, 4.69) is 4.98 Å². The van der Waals surface area contributed by atoms with Crippen LogP contribution >= 0.6 is 11.6 Å². The first kappa shape index (κ1) is 13.6. The molecule has 0 atom stereocenters. The average molecular weight is 301 g/mol. The number of benzene rings is 1. The number of carbonyl (C=O) groups excluding carboxylic acids is 1. The Balaban J connectivity index is 1.97. The summed E-state index contributed by atoms with van der Waals surface area (Å²) in [5.74, 6) is -0.100. The second kappa shape index (κ2) is 5.58. The second-order valence-corrected chi connectivity index (χ2v) is 5.19. The van der Waals surface area contributed by atoms with Crippen molar-refractivity contribution in [3.05, 3.63) is 65.2 Å². The van der Waals surface area contributed by atoms with E-state index < -0.39 is 0 Å². The molecule has 1 aromatic carbocycles. The second-order valence-electron chi connectivity index (χ2n) is 4.80. The highest BCUT2D eigenvalue weighted by atomic mass is 35.5. The third-order valence-corrected chi connectivity index (χ3v) is 3.46. The molecule has 3 aromatic rings. The number of para-hydroxylation sites is 1. The van der Waals surface area contributed by atoms with Gasteiger partial charge in [-0.3, -0.25) is 4.79 Å². The minimum absolute atomic E-state index is 0.100.